The van der Waals surface area contributed by atoms with Crippen molar-refractivity contribution in [1.29, 1.82) is 0 Å². The Morgan fingerprint density at radius 3 is 2.56 bits per heavy atom. The van der Waals surface area contributed by atoms with Gasteiger partial charge in [0.05, 0.1) is 17.4 Å². The molecule has 0 radical (unpaired) electrons. The maximum Gasteiger partial charge on any atom is 0.309 e. The molecule has 0 N–H and O–H groups in total. The van der Waals surface area contributed by atoms with E-state index in [1.807, 2.05) is 0 Å². The summed E-state index contributed by atoms with van der Waals surface area (Å²) < 4.78 is 82.7. The van der Waals surface area contributed by atoms with Crippen LogP contribution in [0.5, 0.6) is 5.75 Å². The van der Waals surface area contributed by atoms with E-state index in [9.17, 15) is 26.4 Å². The van der Waals surface area contributed by atoms with Crippen LogP contribution in [-0.2, 0) is 37.5 Å². The summed E-state index contributed by atoms with van der Waals surface area (Å²) in [6, 6.07) is 4.92. The van der Waals surface area contributed by atoms with Gasteiger partial charge in [-0.2, -0.15) is 4.31 Å². The van der Waals surface area contributed by atoms with Crippen molar-refractivity contribution < 1.29 is 40.6 Å². The van der Waals surface area contributed by atoms with E-state index in [1.165, 1.54) is 12.1 Å². The molecule has 0 aliphatic carbocycles. The van der Waals surface area contributed by atoms with Crippen molar-refractivity contribution in [2.45, 2.75) is 31.0 Å². The largest absolute Gasteiger partial charge is 0.467 e. The van der Waals surface area contributed by atoms with Crippen molar-refractivity contribution in [2.24, 2.45) is 5.92 Å². The molecule has 1 saturated heterocycles. The molecule has 0 atom stereocenters. The number of rotatable bonds is 5. The monoisotopic (exact) mass is 471 g/mol. The van der Waals surface area contributed by atoms with Crippen LogP contribution < -0.4 is 4.74 Å². The number of benzene rings is 2. The Balaban J connectivity index is 1.36. The number of ether oxygens (including phenoxy) is 3. The van der Waals surface area contributed by atoms with Gasteiger partial charge >= 0.3 is 5.97 Å². The van der Waals surface area contributed by atoms with Gasteiger partial charge < -0.3 is 14.2 Å². The summed E-state index contributed by atoms with van der Waals surface area (Å²) >= 11 is 0. The van der Waals surface area contributed by atoms with Gasteiger partial charge in [-0.3, -0.25) is 4.79 Å². The Kier molecular flexibility index (Phi) is 6.40. The molecule has 0 amide bonds. The van der Waals surface area contributed by atoms with Gasteiger partial charge in [-0.15, -0.1) is 0 Å². The van der Waals surface area contributed by atoms with E-state index in [0.717, 1.165) is 16.4 Å². The zero-order valence-electron chi connectivity index (χ0n) is 16.9. The Bertz CT molecular complexity index is 1130. The van der Waals surface area contributed by atoms with Crippen LogP contribution in [0, 0.1) is 23.4 Å². The molecule has 0 saturated carbocycles. The SMILES string of the molecule is O=C(OCc1cc(F)cc2c1OCOC2)C1CCN(S(=O)(=O)c2ccc(F)c(F)c2)CC1. The topological polar surface area (TPSA) is 82.1 Å². The number of esters is 1. The first-order valence-corrected chi connectivity index (χ1v) is 11.3. The molecule has 2 aromatic carbocycles. The number of hydrogen-bond acceptors (Lipinski definition) is 6. The van der Waals surface area contributed by atoms with Crippen molar-refractivity contribution >= 4 is 16.0 Å². The Morgan fingerprint density at radius 2 is 1.84 bits per heavy atom. The van der Waals surface area contributed by atoms with Crippen molar-refractivity contribution in [1.82, 2.24) is 4.31 Å². The Labute approximate surface area is 182 Å². The summed E-state index contributed by atoms with van der Waals surface area (Å²) in [5.41, 5.74) is 0.910. The van der Waals surface area contributed by atoms with E-state index in [4.69, 9.17) is 14.2 Å². The second-order valence-electron chi connectivity index (χ2n) is 7.53. The Morgan fingerprint density at radius 1 is 1.09 bits per heavy atom. The zero-order valence-corrected chi connectivity index (χ0v) is 17.7. The van der Waals surface area contributed by atoms with Gasteiger partial charge in [-0.05, 0) is 43.2 Å². The minimum atomic E-state index is -4.02. The molecule has 0 unspecified atom stereocenters. The quantitative estimate of drug-likeness (QED) is 0.624. The van der Waals surface area contributed by atoms with Gasteiger partial charge in [0.2, 0.25) is 10.0 Å². The summed E-state index contributed by atoms with van der Waals surface area (Å²) in [6.07, 6.45) is 0.403. The number of carbonyl (C=O) groups excluding carboxylic acids is 1. The van der Waals surface area contributed by atoms with Crippen LogP contribution in [0.4, 0.5) is 13.2 Å². The van der Waals surface area contributed by atoms with E-state index in [2.05, 4.69) is 0 Å². The molecule has 4 rings (SSSR count). The van der Waals surface area contributed by atoms with Crippen LogP contribution >= 0.6 is 0 Å². The molecule has 0 bridgehead atoms. The molecule has 0 aromatic heterocycles. The van der Waals surface area contributed by atoms with Gasteiger partial charge in [0.25, 0.3) is 0 Å². The van der Waals surface area contributed by atoms with E-state index in [1.54, 1.807) is 0 Å². The lowest BCUT2D eigenvalue weighted by molar-refractivity contribution is -0.151. The van der Waals surface area contributed by atoms with Crippen molar-refractivity contribution in [3.63, 3.8) is 0 Å². The number of carbonyl (C=O) groups is 1. The number of piperidine rings is 1. The lowest BCUT2D eigenvalue weighted by atomic mass is 9.98. The molecular weight excluding hydrogens is 451 g/mol. The van der Waals surface area contributed by atoms with Crippen LogP contribution in [-0.4, -0.2) is 38.6 Å². The summed E-state index contributed by atoms with van der Waals surface area (Å²) in [5, 5.41) is 0. The predicted molar refractivity (Wildman–Crippen MR) is 104 cm³/mol. The van der Waals surface area contributed by atoms with Crippen molar-refractivity contribution in [3.8, 4) is 5.75 Å². The summed E-state index contributed by atoms with van der Waals surface area (Å²) in [6.45, 7) is 0.0729. The smallest absolute Gasteiger partial charge is 0.309 e. The van der Waals surface area contributed by atoms with Crippen LogP contribution in [0.15, 0.2) is 35.2 Å². The third-order valence-electron chi connectivity index (χ3n) is 5.44. The van der Waals surface area contributed by atoms with Crippen molar-refractivity contribution in [3.05, 3.63) is 58.9 Å². The fourth-order valence-electron chi connectivity index (χ4n) is 3.75. The number of sulfonamides is 1. The second kappa shape index (κ2) is 9.08. The first-order chi connectivity index (χ1) is 15.3. The maximum absolute atomic E-state index is 13.8. The van der Waals surface area contributed by atoms with E-state index >= 15 is 0 Å². The van der Waals surface area contributed by atoms with Crippen LogP contribution in [0.3, 0.4) is 0 Å². The van der Waals surface area contributed by atoms with E-state index in [-0.39, 0.29) is 50.8 Å². The van der Waals surface area contributed by atoms with E-state index < -0.39 is 39.4 Å². The summed E-state index contributed by atoms with van der Waals surface area (Å²) in [7, 11) is -4.02. The number of nitrogens with zero attached hydrogens (tertiary/aromatic N) is 1. The van der Waals surface area contributed by atoms with Crippen LogP contribution in [0.2, 0.25) is 0 Å². The number of hydrogen-bond donors (Lipinski definition) is 0. The lowest BCUT2D eigenvalue weighted by Crippen LogP contribution is -2.40. The molecule has 172 valence electrons. The fourth-order valence-corrected chi connectivity index (χ4v) is 5.23. The first kappa shape index (κ1) is 22.6. The molecular formula is C21H20F3NO6S. The van der Waals surface area contributed by atoms with Gasteiger partial charge in [0, 0.05) is 24.2 Å². The molecule has 32 heavy (non-hydrogen) atoms. The van der Waals surface area contributed by atoms with Crippen molar-refractivity contribution in [2.75, 3.05) is 19.9 Å². The first-order valence-electron chi connectivity index (χ1n) is 9.89. The molecule has 2 aliphatic heterocycles. The highest BCUT2D eigenvalue weighted by Gasteiger charge is 2.33. The van der Waals surface area contributed by atoms with Gasteiger partial charge in [-0.25, -0.2) is 21.6 Å². The second-order valence-corrected chi connectivity index (χ2v) is 9.46. The summed E-state index contributed by atoms with van der Waals surface area (Å²) in [5.74, 6) is -3.53. The van der Waals surface area contributed by atoms with Crippen LogP contribution in [0.25, 0.3) is 0 Å². The average Bonchev–Trinajstić information content (AvgIpc) is 2.79. The minimum Gasteiger partial charge on any atom is -0.467 e. The average molecular weight is 471 g/mol. The van der Waals surface area contributed by atoms with Gasteiger partial charge in [0.1, 0.15) is 18.2 Å². The third-order valence-corrected chi connectivity index (χ3v) is 7.33. The highest BCUT2D eigenvalue weighted by molar-refractivity contribution is 7.89. The molecule has 7 nitrogen and oxygen atoms in total. The molecule has 11 heteroatoms. The van der Waals surface area contributed by atoms with Gasteiger partial charge in [0.15, 0.2) is 18.4 Å². The molecule has 1 fully saturated rings. The fraction of sp³-hybridized carbons (Fsp3) is 0.381. The highest BCUT2D eigenvalue weighted by atomic mass is 32.2. The highest BCUT2D eigenvalue weighted by Crippen LogP contribution is 2.31. The molecule has 0 spiro atoms. The lowest BCUT2D eigenvalue weighted by Gasteiger charge is -2.30. The van der Waals surface area contributed by atoms with Gasteiger partial charge in [-0.1, -0.05) is 0 Å². The maximum atomic E-state index is 13.8. The molecule has 2 heterocycles. The number of fused-ring (bicyclic) bond motifs is 1. The standard InChI is InChI=1S/C21H20F3NO6S/c22-16-7-14-10-29-12-31-20(14)15(8-16)11-30-21(26)13-3-5-25(6-4-13)32(27,28)17-1-2-18(23)19(24)9-17/h1-2,7-9,13H,3-6,10-12H2. The molecule has 2 aromatic rings. The Hall–Kier alpha value is -2.63. The van der Waals surface area contributed by atoms with Crippen LogP contribution in [0.1, 0.15) is 24.0 Å². The van der Waals surface area contributed by atoms with E-state index in [0.29, 0.717) is 22.9 Å². The normalized spacial score (nSPS) is 17.5. The summed E-state index contributed by atoms with van der Waals surface area (Å²) in [4.78, 5) is 12.1. The third kappa shape index (κ3) is 4.59. The zero-order chi connectivity index (χ0) is 22.9. The minimum absolute atomic E-state index is 0.0183. The molecule has 2 aliphatic rings. The number of halogens is 3. The predicted octanol–water partition coefficient (Wildman–Crippen LogP) is 3.11.